The SMILES string of the molecule is CC(=O)NC1CCOc2ccc(-c3csc(NC(=O)NC4CCCCC4)n3)cc21. The summed E-state index contributed by atoms with van der Waals surface area (Å²) < 4.78 is 5.72. The van der Waals surface area contributed by atoms with Gasteiger partial charge in [-0.15, -0.1) is 11.3 Å². The molecule has 0 radical (unpaired) electrons. The number of anilines is 1. The van der Waals surface area contributed by atoms with E-state index in [1.165, 1.54) is 37.5 Å². The lowest BCUT2D eigenvalue weighted by Crippen LogP contribution is -2.38. The molecule has 1 aliphatic heterocycles. The van der Waals surface area contributed by atoms with E-state index in [0.29, 0.717) is 11.7 Å². The largest absolute Gasteiger partial charge is 0.493 e. The van der Waals surface area contributed by atoms with Gasteiger partial charge in [-0.05, 0) is 31.0 Å². The molecule has 29 heavy (non-hydrogen) atoms. The number of benzene rings is 1. The van der Waals surface area contributed by atoms with Gasteiger partial charge in [-0.1, -0.05) is 19.3 Å². The number of fused-ring (bicyclic) bond motifs is 1. The van der Waals surface area contributed by atoms with Crippen LogP contribution in [0.1, 0.15) is 57.1 Å². The van der Waals surface area contributed by atoms with E-state index in [1.54, 1.807) is 0 Å². The highest BCUT2D eigenvalue weighted by atomic mass is 32.1. The van der Waals surface area contributed by atoms with Crippen LogP contribution in [0.15, 0.2) is 23.6 Å². The molecule has 1 saturated carbocycles. The van der Waals surface area contributed by atoms with Crippen molar-refractivity contribution in [3.8, 4) is 17.0 Å². The van der Waals surface area contributed by atoms with Gasteiger partial charge < -0.3 is 15.4 Å². The lowest BCUT2D eigenvalue weighted by Gasteiger charge is -2.26. The molecule has 1 aliphatic carbocycles. The Morgan fingerprint density at radius 3 is 2.76 bits per heavy atom. The summed E-state index contributed by atoms with van der Waals surface area (Å²) in [4.78, 5) is 28.3. The molecule has 0 bridgehead atoms. The molecule has 3 amide bonds. The Kier molecular flexibility index (Phi) is 5.99. The van der Waals surface area contributed by atoms with Gasteiger partial charge in [0.25, 0.3) is 0 Å². The number of amides is 3. The molecule has 2 aromatic rings. The second kappa shape index (κ2) is 8.82. The van der Waals surface area contributed by atoms with Gasteiger partial charge >= 0.3 is 6.03 Å². The van der Waals surface area contributed by atoms with Gasteiger partial charge in [0.15, 0.2) is 5.13 Å². The number of rotatable bonds is 4. The highest BCUT2D eigenvalue weighted by molar-refractivity contribution is 7.14. The number of thiazole rings is 1. The van der Waals surface area contributed by atoms with Crippen LogP contribution < -0.4 is 20.7 Å². The first-order valence-electron chi connectivity index (χ1n) is 10.2. The van der Waals surface area contributed by atoms with Crippen molar-refractivity contribution in [1.29, 1.82) is 0 Å². The first-order chi connectivity index (χ1) is 14.1. The maximum absolute atomic E-state index is 12.3. The molecule has 8 heteroatoms. The smallest absolute Gasteiger partial charge is 0.321 e. The Labute approximate surface area is 174 Å². The van der Waals surface area contributed by atoms with E-state index >= 15 is 0 Å². The molecular formula is C21H26N4O3S. The third-order valence-electron chi connectivity index (χ3n) is 5.39. The fraction of sp³-hybridized carbons (Fsp3) is 0.476. The van der Waals surface area contributed by atoms with Crippen molar-refractivity contribution in [2.24, 2.45) is 0 Å². The maximum Gasteiger partial charge on any atom is 0.321 e. The molecule has 1 unspecified atom stereocenters. The second-order valence-electron chi connectivity index (χ2n) is 7.61. The predicted octanol–water partition coefficient (Wildman–Crippen LogP) is 4.22. The fourth-order valence-corrected chi connectivity index (χ4v) is 4.69. The van der Waals surface area contributed by atoms with Crippen LogP contribution in [0.5, 0.6) is 5.75 Å². The first-order valence-corrected chi connectivity index (χ1v) is 11.0. The summed E-state index contributed by atoms with van der Waals surface area (Å²) in [6.07, 6.45) is 6.43. The van der Waals surface area contributed by atoms with Crippen molar-refractivity contribution in [2.45, 2.75) is 57.5 Å². The van der Waals surface area contributed by atoms with Gasteiger partial charge in [0, 0.05) is 35.9 Å². The average Bonchev–Trinajstić information content (AvgIpc) is 3.16. The summed E-state index contributed by atoms with van der Waals surface area (Å²) in [5.41, 5.74) is 2.68. The van der Waals surface area contributed by atoms with Gasteiger partial charge in [-0.25, -0.2) is 9.78 Å². The molecule has 1 atom stereocenters. The lowest BCUT2D eigenvalue weighted by atomic mass is 9.96. The van der Waals surface area contributed by atoms with Crippen LogP contribution in [0.3, 0.4) is 0 Å². The molecule has 0 spiro atoms. The van der Waals surface area contributed by atoms with Gasteiger partial charge in [0.05, 0.1) is 18.3 Å². The van der Waals surface area contributed by atoms with Crippen LogP contribution in [-0.2, 0) is 4.79 Å². The average molecular weight is 415 g/mol. The Bertz CT molecular complexity index is 892. The van der Waals surface area contributed by atoms with Gasteiger partial charge in [-0.3, -0.25) is 10.1 Å². The summed E-state index contributed by atoms with van der Waals surface area (Å²) in [5.74, 6) is 0.733. The molecule has 2 aliphatic rings. The number of aromatic nitrogens is 1. The van der Waals surface area contributed by atoms with Crippen LogP contribution >= 0.6 is 11.3 Å². The summed E-state index contributed by atoms with van der Waals surface area (Å²) in [6, 6.07) is 5.89. The van der Waals surface area contributed by atoms with E-state index in [-0.39, 0.29) is 24.0 Å². The quantitative estimate of drug-likeness (QED) is 0.698. The van der Waals surface area contributed by atoms with Crippen LogP contribution in [0.4, 0.5) is 9.93 Å². The van der Waals surface area contributed by atoms with Crippen LogP contribution in [0, 0.1) is 0 Å². The molecular weight excluding hydrogens is 388 g/mol. The minimum absolute atomic E-state index is 0.0580. The zero-order chi connectivity index (χ0) is 20.2. The summed E-state index contributed by atoms with van der Waals surface area (Å²) in [7, 11) is 0. The van der Waals surface area contributed by atoms with E-state index in [4.69, 9.17) is 4.74 Å². The molecule has 3 N–H and O–H groups in total. The Hall–Kier alpha value is -2.61. The topological polar surface area (TPSA) is 92.4 Å². The van der Waals surface area contributed by atoms with Crippen molar-refractivity contribution in [3.05, 3.63) is 29.1 Å². The second-order valence-corrected chi connectivity index (χ2v) is 8.47. The van der Waals surface area contributed by atoms with Crippen LogP contribution in [-0.4, -0.2) is 29.6 Å². The number of nitrogens with zero attached hydrogens (tertiary/aromatic N) is 1. The molecule has 7 nitrogen and oxygen atoms in total. The predicted molar refractivity (Wildman–Crippen MR) is 113 cm³/mol. The third-order valence-corrected chi connectivity index (χ3v) is 6.15. The molecule has 4 rings (SSSR count). The molecule has 2 heterocycles. The minimum atomic E-state index is -0.192. The lowest BCUT2D eigenvalue weighted by molar-refractivity contribution is -0.119. The Balaban J connectivity index is 1.45. The van der Waals surface area contributed by atoms with E-state index in [2.05, 4.69) is 20.9 Å². The standard InChI is InChI=1S/C21H26N4O3S/c1-13(26)22-17-9-10-28-19-8-7-14(11-16(17)19)18-12-29-21(24-18)25-20(27)23-15-5-3-2-4-6-15/h7-8,11-12,15,17H,2-6,9-10H2,1H3,(H,22,26)(H2,23,24,25,27). The molecule has 154 valence electrons. The third kappa shape index (κ3) is 4.87. The number of carbonyl (C=O) groups is 2. The molecule has 1 aromatic carbocycles. The van der Waals surface area contributed by atoms with Crippen LogP contribution in [0.2, 0.25) is 0 Å². The Morgan fingerprint density at radius 1 is 1.14 bits per heavy atom. The summed E-state index contributed by atoms with van der Waals surface area (Å²) >= 11 is 1.40. The highest BCUT2D eigenvalue weighted by Crippen LogP contribution is 2.36. The number of hydrogen-bond donors (Lipinski definition) is 3. The first kappa shape index (κ1) is 19.7. The highest BCUT2D eigenvalue weighted by Gasteiger charge is 2.23. The molecule has 1 aromatic heterocycles. The minimum Gasteiger partial charge on any atom is -0.493 e. The van der Waals surface area contributed by atoms with E-state index in [9.17, 15) is 9.59 Å². The Morgan fingerprint density at radius 2 is 1.97 bits per heavy atom. The van der Waals surface area contributed by atoms with Gasteiger partial charge in [0.2, 0.25) is 5.91 Å². The number of carbonyl (C=O) groups excluding carboxylic acids is 2. The fourth-order valence-electron chi connectivity index (χ4n) is 3.98. The molecule has 1 fully saturated rings. The van der Waals surface area contributed by atoms with E-state index in [1.807, 2.05) is 23.6 Å². The van der Waals surface area contributed by atoms with Crippen molar-refractivity contribution >= 4 is 28.4 Å². The summed E-state index contributed by atoms with van der Waals surface area (Å²) in [5, 5.41) is 11.4. The van der Waals surface area contributed by atoms with Gasteiger partial charge in [0.1, 0.15) is 5.75 Å². The van der Waals surface area contributed by atoms with E-state index in [0.717, 1.165) is 41.8 Å². The van der Waals surface area contributed by atoms with E-state index < -0.39 is 0 Å². The number of urea groups is 1. The van der Waals surface area contributed by atoms with Crippen LogP contribution in [0.25, 0.3) is 11.3 Å². The number of hydrogen-bond acceptors (Lipinski definition) is 5. The summed E-state index contributed by atoms with van der Waals surface area (Å²) in [6.45, 7) is 2.11. The number of nitrogens with one attached hydrogen (secondary N) is 3. The normalized spacial score (nSPS) is 19.0. The van der Waals surface area contributed by atoms with Gasteiger partial charge in [-0.2, -0.15) is 0 Å². The van der Waals surface area contributed by atoms with Crippen molar-refractivity contribution < 1.29 is 14.3 Å². The van der Waals surface area contributed by atoms with Crippen molar-refractivity contribution in [3.63, 3.8) is 0 Å². The van der Waals surface area contributed by atoms with Crippen molar-refractivity contribution in [1.82, 2.24) is 15.6 Å². The number of ether oxygens (including phenoxy) is 1. The molecule has 0 saturated heterocycles. The maximum atomic E-state index is 12.3. The monoisotopic (exact) mass is 414 g/mol. The zero-order valence-electron chi connectivity index (χ0n) is 16.5. The zero-order valence-corrected chi connectivity index (χ0v) is 17.3. The van der Waals surface area contributed by atoms with Crippen molar-refractivity contribution in [2.75, 3.05) is 11.9 Å².